The number of nitrogens with zero attached hydrogens (tertiary/aromatic N) is 1. The van der Waals surface area contributed by atoms with Crippen LogP contribution in [0.4, 0.5) is 0 Å². The summed E-state index contributed by atoms with van der Waals surface area (Å²) >= 11 is 7.43. The molecule has 1 aromatic heterocycles. The molecule has 1 aliphatic heterocycles. The fourth-order valence-corrected chi connectivity index (χ4v) is 3.40. The normalized spacial score (nSPS) is 17.0. The number of hydrogen-bond donors (Lipinski definition) is 1. The Hall–Kier alpha value is -0.590. The van der Waals surface area contributed by atoms with Crippen LogP contribution >= 0.6 is 35.3 Å². The number of carbonyl (C=O) groups is 1. The van der Waals surface area contributed by atoms with Gasteiger partial charge in [-0.15, -0.1) is 30.3 Å². The molecule has 0 bridgehead atoms. The highest BCUT2D eigenvalue weighted by Crippen LogP contribution is 2.22. The van der Waals surface area contributed by atoms with Crippen LogP contribution in [0.5, 0.6) is 0 Å². The van der Waals surface area contributed by atoms with Gasteiger partial charge in [-0.25, -0.2) is 0 Å². The van der Waals surface area contributed by atoms with Gasteiger partial charge in [-0.1, -0.05) is 17.7 Å². The number of halogens is 2. The average molecular weight is 365 g/mol. The van der Waals surface area contributed by atoms with Crippen LogP contribution in [0.25, 0.3) is 0 Å². The Morgan fingerprint density at radius 1 is 1.59 bits per heavy atom. The van der Waals surface area contributed by atoms with E-state index >= 15 is 0 Å². The maximum absolute atomic E-state index is 12.3. The molecule has 22 heavy (non-hydrogen) atoms. The summed E-state index contributed by atoms with van der Waals surface area (Å²) in [6, 6.07) is 3.81. The topological polar surface area (TPSA) is 41.6 Å². The molecule has 1 atom stereocenters. The molecule has 0 aliphatic carbocycles. The van der Waals surface area contributed by atoms with Crippen LogP contribution in [0.2, 0.25) is 4.34 Å². The van der Waals surface area contributed by atoms with Crippen LogP contribution in [-0.4, -0.2) is 43.2 Å². The lowest BCUT2D eigenvalue weighted by molar-refractivity contribution is -0.130. The molecule has 1 unspecified atom stereocenters. The standard InChI is InChI=1S/C15H21ClN2O2S.ClH/c1-2-7-18(11-13-5-6-14(16)21-13)15(19)10-17-9-12-4-3-8-20-12;/h2,5-6,12,17H,1,3-4,7-11H2;1H. The molecule has 0 spiro atoms. The molecule has 0 saturated carbocycles. The molecule has 1 fully saturated rings. The SMILES string of the molecule is C=CCN(Cc1ccc(Cl)s1)C(=O)CNCC1CCCO1.Cl. The first-order valence-corrected chi connectivity index (χ1v) is 8.33. The summed E-state index contributed by atoms with van der Waals surface area (Å²) < 4.78 is 6.27. The summed E-state index contributed by atoms with van der Waals surface area (Å²) in [5.41, 5.74) is 0. The minimum Gasteiger partial charge on any atom is -0.377 e. The highest BCUT2D eigenvalue weighted by Gasteiger charge is 2.17. The number of thiophene rings is 1. The first-order chi connectivity index (χ1) is 10.2. The van der Waals surface area contributed by atoms with Crippen LogP contribution < -0.4 is 5.32 Å². The van der Waals surface area contributed by atoms with Gasteiger partial charge >= 0.3 is 0 Å². The Morgan fingerprint density at radius 3 is 3.00 bits per heavy atom. The predicted octanol–water partition coefficient (Wildman–Crippen LogP) is 3.11. The summed E-state index contributed by atoms with van der Waals surface area (Å²) in [6.45, 7) is 6.72. The zero-order valence-electron chi connectivity index (χ0n) is 12.4. The highest BCUT2D eigenvalue weighted by atomic mass is 35.5. The zero-order chi connectivity index (χ0) is 15.1. The molecule has 1 aliphatic rings. The van der Waals surface area contributed by atoms with Crippen molar-refractivity contribution in [3.8, 4) is 0 Å². The summed E-state index contributed by atoms with van der Waals surface area (Å²) in [4.78, 5) is 15.1. The molecule has 1 aromatic rings. The third kappa shape index (κ3) is 6.26. The van der Waals surface area contributed by atoms with E-state index in [0.29, 0.717) is 19.6 Å². The maximum Gasteiger partial charge on any atom is 0.237 e. The average Bonchev–Trinajstić information content (AvgIpc) is 3.10. The second-order valence-electron chi connectivity index (χ2n) is 5.03. The van der Waals surface area contributed by atoms with E-state index in [2.05, 4.69) is 11.9 Å². The molecule has 2 heterocycles. The summed E-state index contributed by atoms with van der Waals surface area (Å²) in [7, 11) is 0. The van der Waals surface area contributed by atoms with Crippen molar-refractivity contribution in [2.75, 3.05) is 26.2 Å². The van der Waals surface area contributed by atoms with Crippen molar-refractivity contribution in [3.63, 3.8) is 0 Å². The minimum absolute atomic E-state index is 0. The van der Waals surface area contributed by atoms with Crippen molar-refractivity contribution in [1.29, 1.82) is 0 Å². The van der Waals surface area contributed by atoms with E-state index in [1.165, 1.54) is 11.3 Å². The van der Waals surface area contributed by atoms with Gasteiger partial charge in [-0.05, 0) is 25.0 Å². The number of carbonyl (C=O) groups excluding carboxylic acids is 1. The molecular weight excluding hydrogens is 343 g/mol. The van der Waals surface area contributed by atoms with Crippen LogP contribution in [0, 0.1) is 0 Å². The Kier molecular flexibility index (Phi) is 9.05. The Bertz CT molecular complexity index is 476. The number of ether oxygens (including phenoxy) is 1. The Labute approximate surface area is 146 Å². The first kappa shape index (κ1) is 19.5. The van der Waals surface area contributed by atoms with Crippen LogP contribution in [-0.2, 0) is 16.1 Å². The summed E-state index contributed by atoms with van der Waals surface area (Å²) in [6.07, 6.45) is 4.18. The van der Waals surface area contributed by atoms with Crippen molar-refractivity contribution in [3.05, 3.63) is 34.0 Å². The van der Waals surface area contributed by atoms with Gasteiger partial charge in [0.15, 0.2) is 0 Å². The minimum atomic E-state index is 0. The molecule has 1 saturated heterocycles. The summed E-state index contributed by atoms with van der Waals surface area (Å²) in [5, 5.41) is 3.18. The molecule has 2 rings (SSSR count). The molecular formula is C15H22Cl2N2O2S. The number of rotatable bonds is 8. The van der Waals surface area contributed by atoms with Crippen molar-refractivity contribution >= 4 is 41.3 Å². The maximum atomic E-state index is 12.3. The van der Waals surface area contributed by atoms with E-state index in [9.17, 15) is 4.79 Å². The number of amides is 1. The third-order valence-corrected chi connectivity index (χ3v) is 4.57. The monoisotopic (exact) mass is 364 g/mol. The molecule has 0 aromatic carbocycles. The lowest BCUT2D eigenvalue weighted by atomic mass is 10.2. The molecule has 0 radical (unpaired) electrons. The van der Waals surface area contributed by atoms with Gasteiger partial charge in [0.05, 0.1) is 23.5 Å². The second-order valence-corrected chi connectivity index (χ2v) is 6.83. The highest BCUT2D eigenvalue weighted by molar-refractivity contribution is 7.16. The van der Waals surface area contributed by atoms with Gasteiger partial charge in [0.25, 0.3) is 0 Å². The number of hydrogen-bond acceptors (Lipinski definition) is 4. The van der Waals surface area contributed by atoms with E-state index in [1.54, 1.807) is 11.0 Å². The van der Waals surface area contributed by atoms with Crippen molar-refractivity contribution in [2.24, 2.45) is 0 Å². The van der Waals surface area contributed by atoms with Gasteiger partial charge in [0.2, 0.25) is 5.91 Å². The van der Waals surface area contributed by atoms with Crippen LogP contribution in [0.1, 0.15) is 17.7 Å². The first-order valence-electron chi connectivity index (χ1n) is 7.14. The van der Waals surface area contributed by atoms with Gasteiger partial charge in [-0.2, -0.15) is 0 Å². The fraction of sp³-hybridized carbons (Fsp3) is 0.533. The predicted molar refractivity (Wildman–Crippen MR) is 94.0 cm³/mol. The van der Waals surface area contributed by atoms with Gasteiger partial charge in [0.1, 0.15) is 0 Å². The Balaban J connectivity index is 0.00000242. The van der Waals surface area contributed by atoms with Gasteiger partial charge < -0.3 is 15.0 Å². The van der Waals surface area contributed by atoms with Gasteiger partial charge in [-0.3, -0.25) is 4.79 Å². The van der Waals surface area contributed by atoms with E-state index in [4.69, 9.17) is 16.3 Å². The second kappa shape index (κ2) is 10.2. The van der Waals surface area contributed by atoms with E-state index < -0.39 is 0 Å². The van der Waals surface area contributed by atoms with Crippen molar-refractivity contribution in [2.45, 2.75) is 25.5 Å². The fourth-order valence-electron chi connectivity index (χ4n) is 2.29. The molecule has 124 valence electrons. The van der Waals surface area contributed by atoms with E-state index in [-0.39, 0.29) is 24.4 Å². The molecule has 7 heteroatoms. The van der Waals surface area contributed by atoms with Crippen LogP contribution in [0.15, 0.2) is 24.8 Å². The zero-order valence-corrected chi connectivity index (χ0v) is 14.8. The van der Waals surface area contributed by atoms with Crippen molar-refractivity contribution in [1.82, 2.24) is 10.2 Å². The third-order valence-electron chi connectivity index (χ3n) is 3.35. The Morgan fingerprint density at radius 2 is 2.41 bits per heavy atom. The molecule has 1 N–H and O–H groups in total. The van der Waals surface area contributed by atoms with E-state index in [0.717, 1.165) is 35.2 Å². The molecule has 1 amide bonds. The van der Waals surface area contributed by atoms with Crippen LogP contribution in [0.3, 0.4) is 0 Å². The lowest BCUT2D eigenvalue weighted by Gasteiger charge is -2.21. The quantitative estimate of drug-likeness (QED) is 0.720. The smallest absolute Gasteiger partial charge is 0.237 e. The van der Waals surface area contributed by atoms with Crippen molar-refractivity contribution < 1.29 is 9.53 Å². The van der Waals surface area contributed by atoms with E-state index in [1.807, 2.05) is 12.1 Å². The van der Waals surface area contributed by atoms with Gasteiger partial charge in [0, 0.05) is 24.6 Å². The lowest BCUT2D eigenvalue weighted by Crippen LogP contribution is -2.39. The largest absolute Gasteiger partial charge is 0.377 e. The number of nitrogens with one attached hydrogen (secondary N) is 1. The molecule has 4 nitrogen and oxygen atoms in total. The summed E-state index contributed by atoms with van der Waals surface area (Å²) in [5.74, 6) is 0.0671.